The van der Waals surface area contributed by atoms with Crippen molar-refractivity contribution in [2.45, 2.75) is 32.5 Å². The van der Waals surface area contributed by atoms with E-state index in [1.165, 1.54) is 0 Å². The average molecular weight is 273 g/mol. The quantitative estimate of drug-likeness (QED) is 0.934. The molecular formula is C16H23N3O. The minimum atomic E-state index is 0.0462. The third kappa shape index (κ3) is 2.58. The SMILES string of the molecule is CC(C)CC1CNCC(c2nc3ccccc3n2C)O1. The molecule has 108 valence electrons. The molecule has 1 aliphatic heterocycles. The first-order valence-corrected chi connectivity index (χ1v) is 7.42. The largest absolute Gasteiger partial charge is 0.364 e. The molecule has 20 heavy (non-hydrogen) atoms. The molecule has 0 aliphatic carbocycles. The van der Waals surface area contributed by atoms with Crippen molar-refractivity contribution in [3.63, 3.8) is 0 Å². The van der Waals surface area contributed by atoms with E-state index in [0.717, 1.165) is 36.4 Å². The lowest BCUT2D eigenvalue weighted by atomic mass is 10.0. The van der Waals surface area contributed by atoms with Crippen LogP contribution in [0.5, 0.6) is 0 Å². The van der Waals surface area contributed by atoms with Gasteiger partial charge in [-0.2, -0.15) is 0 Å². The van der Waals surface area contributed by atoms with Crippen molar-refractivity contribution in [3.05, 3.63) is 30.1 Å². The molecule has 0 amide bonds. The molecule has 2 unspecified atom stereocenters. The molecule has 4 nitrogen and oxygen atoms in total. The van der Waals surface area contributed by atoms with Gasteiger partial charge in [-0.15, -0.1) is 0 Å². The molecular weight excluding hydrogens is 250 g/mol. The van der Waals surface area contributed by atoms with E-state index in [-0.39, 0.29) is 12.2 Å². The Labute approximate surface area is 120 Å². The van der Waals surface area contributed by atoms with Crippen molar-refractivity contribution in [2.24, 2.45) is 13.0 Å². The van der Waals surface area contributed by atoms with E-state index in [1.807, 2.05) is 6.07 Å². The fourth-order valence-corrected chi connectivity index (χ4v) is 2.97. The van der Waals surface area contributed by atoms with Crippen molar-refractivity contribution < 1.29 is 4.74 Å². The van der Waals surface area contributed by atoms with Gasteiger partial charge >= 0.3 is 0 Å². The van der Waals surface area contributed by atoms with Gasteiger partial charge in [0.2, 0.25) is 0 Å². The van der Waals surface area contributed by atoms with E-state index < -0.39 is 0 Å². The highest BCUT2D eigenvalue weighted by atomic mass is 16.5. The molecule has 0 radical (unpaired) electrons. The lowest BCUT2D eigenvalue weighted by Gasteiger charge is -2.31. The number of aromatic nitrogens is 2. The smallest absolute Gasteiger partial charge is 0.140 e. The molecule has 1 saturated heterocycles. The van der Waals surface area contributed by atoms with Gasteiger partial charge in [-0.25, -0.2) is 4.98 Å². The second-order valence-corrected chi connectivity index (χ2v) is 6.05. The summed E-state index contributed by atoms with van der Waals surface area (Å²) in [6.07, 6.45) is 1.42. The number of hydrogen-bond donors (Lipinski definition) is 1. The van der Waals surface area contributed by atoms with Crippen LogP contribution < -0.4 is 5.32 Å². The highest BCUT2D eigenvalue weighted by molar-refractivity contribution is 5.75. The van der Waals surface area contributed by atoms with Crippen molar-refractivity contribution in [2.75, 3.05) is 13.1 Å². The van der Waals surface area contributed by atoms with Gasteiger partial charge in [0.1, 0.15) is 11.9 Å². The minimum Gasteiger partial charge on any atom is -0.364 e. The number of benzene rings is 1. The molecule has 1 aromatic heterocycles. The Hall–Kier alpha value is -1.39. The molecule has 1 aromatic carbocycles. The molecule has 3 rings (SSSR count). The van der Waals surface area contributed by atoms with Crippen LogP contribution in [0.2, 0.25) is 0 Å². The summed E-state index contributed by atoms with van der Waals surface area (Å²) in [5, 5.41) is 3.48. The fourth-order valence-electron chi connectivity index (χ4n) is 2.97. The van der Waals surface area contributed by atoms with Gasteiger partial charge < -0.3 is 14.6 Å². The minimum absolute atomic E-state index is 0.0462. The second-order valence-electron chi connectivity index (χ2n) is 6.05. The maximum atomic E-state index is 6.25. The molecule has 2 aromatic rings. The highest BCUT2D eigenvalue weighted by Crippen LogP contribution is 2.26. The van der Waals surface area contributed by atoms with Crippen LogP contribution in [0.1, 0.15) is 32.2 Å². The predicted octanol–water partition coefficient (Wildman–Crippen LogP) is 2.65. The number of nitrogens with one attached hydrogen (secondary N) is 1. The lowest BCUT2D eigenvalue weighted by molar-refractivity contribution is -0.0522. The maximum absolute atomic E-state index is 6.25. The molecule has 1 aliphatic rings. The molecule has 2 atom stereocenters. The predicted molar refractivity (Wildman–Crippen MR) is 80.7 cm³/mol. The average Bonchev–Trinajstić information content (AvgIpc) is 2.76. The molecule has 0 saturated carbocycles. The summed E-state index contributed by atoms with van der Waals surface area (Å²) in [5.41, 5.74) is 2.21. The number of morpholine rings is 1. The molecule has 0 bridgehead atoms. The summed E-state index contributed by atoms with van der Waals surface area (Å²) >= 11 is 0. The Balaban J connectivity index is 1.85. The van der Waals surface area contributed by atoms with Crippen molar-refractivity contribution in [3.8, 4) is 0 Å². The van der Waals surface area contributed by atoms with Gasteiger partial charge in [0.05, 0.1) is 17.1 Å². The molecule has 4 heteroatoms. The van der Waals surface area contributed by atoms with Crippen LogP contribution >= 0.6 is 0 Å². The van der Waals surface area contributed by atoms with Crippen molar-refractivity contribution in [1.82, 2.24) is 14.9 Å². The fraction of sp³-hybridized carbons (Fsp3) is 0.562. The van der Waals surface area contributed by atoms with E-state index in [2.05, 4.69) is 49.0 Å². The first-order chi connectivity index (χ1) is 9.65. The Morgan fingerprint density at radius 1 is 1.35 bits per heavy atom. The van der Waals surface area contributed by atoms with Gasteiger partial charge in [0.15, 0.2) is 0 Å². The zero-order chi connectivity index (χ0) is 14.1. The topological polar surface area (TPSA) is 39.1 Å². The number of aryl methyl sites for hydroxylation is 1. The summed E-state index contributed by atoms with van der Waals surface area (Å²) in [5.74, 6) is 1.67. The first-order valence-electron chi connectivity index (χ1n) is 7.42. The second kappa shape index (κ2) is 5.54. The van der Waals surface area contributed by atoms with Crippen LogP contribution in [0.4, 0.5) is 0 Å². The lowest BCUT2D eigenvalue weighted by Crippen LogP contribution is -2.41. The standard InChI is InChI=1S/C16H23N3O/c1-11(2)8-12-9-17-10-15(20-12)16-18-13-6-4-5-7-14(13)19(16)3/h4-7,11-12,15,17H,8-10H2,1-3H3. The van der Waals surface area contributed by atoms with Gasteiger partial charge in [-0.3, -0.25) is 0 Å². The number of nitrogens with zero attached hydrogens (tertiary/aromatic N) is 2. The van der Waals surface area contributed by atoms with Crippen LogP contribution in [0.25, 0.3) is 11.0 Å². The molecule has 1 N–H and O–H groups in total. The van der Waals surface area contributed by atoms with Crippen LogP contribution in [0.15, 0.2) is 24.3 Å². The van der Waals surface area contributed by atoms with Gasteiger partial charge in [-0.1, -0.05) is 26.0 Å². The summed E-state index contributed by atoms with van der Waals surface area (Å²) in [6, 6.07) is 8.24. The Bertz CT molecular complexity index is 590. The van der Waals surface area contributed by atoms with E-state index in [0.29, 0.717) is 5.92 Å². The van der Waals surface area contributed by atoms with Gasteiger partial charge in [-0.05, 0) is 24.5 Å². The summed E-state index contributed by atoms with van der Waals surface area (Å²) < 4.78 is 8.40. The Morgan fingerprint density at radius 2 is 2.15 bits per heavy atom. The van der Waals surface area contributed by atoms with E-state index >= 15 is 0 Å². The highest BCUT2D eigenvalue weighted by Gasteiger charge is 2.27. The molecule has 1 fully saturated rings. The third-order valence-corrected chi connectivity index (χ3v) is 3.90. The summed E-state index contributed by atoms with van der Waals surface area (Å²) in [6.45, 7) is 6.26. The van der Waals surface area contributed by atoms with Crippen molar-refractivity contribution >= 4 is 11.0 Å². The Kier molecular flexibility index (Phi) is 3.76. The first kappa shape index (κ1) is 13.6. The number of rotatable bonds is 3. The third-order valence-electron chi connectivity index (χ3n) is 3.90. The van der Waals surface area contributed by atoms with E-state index in [4.69, 9.17) is 9.72 Å². The van der Waals surface area contributed by atoms with Gasteiger partial charge in [0, 0.05) is 20.1 Å². The number of imidazole rings is 1. The maximum Gasteiger partial charge on any atom is 0.140 e. The monoisotopic (exact) mass is 273 g/mol. The Morgan fingerprint density at radius 3 is 2.90 bits per heavy atom. The summed E-state index contributed by atoms with van der Waals surface area (Å²) in [7, 11) is 2.07. The van der Waals surface area contributed by atoms with Crippen LogP contribution in [-0.4, -0.2) is 28.7 Å². The molecule has 0 spiro atoms. The zero-order valence-electron chi connectivity index (χ0n) is 12.5. The summed E-state index contributed by atoms with van der Waals surface area (Å²) in [4.78, 5) is 4.75. The van der Waals surface area contributed by atoms with Gasteiger partial charge in [0.25, 0.3) is 0 Å². The van der Waals surface area contributed by atoms with Crippen LogP contribution in [-0.2, 0) is 11.8 Å². The van der Waals surface area contributed by atoms with E-state index in [1.54, 1.807) is 0 Å². The number of fused-ring (bicyclic) bond motifs is 1. The number of ether oxygens (including phenoxy) is 1. The number of para-hydroxylation sites is 2. The van der Waals surface area contributed by atoms with Crippen molar-refractivity contribution in [1.29, 1.82) is 0 Å². The number of hydrogen-bond acceptors (Lipinski definition) is 3. The van der Waals surface area contributed by atoms with E-state index in [9.17, 15) is 0 Å². The zero-order valence-corrected chi connectivity index (χ0v) is 12.5. The van der Waals surface area contributed by atoms with Crippen LogP contribution in [0, 0.1) is 5.92 Å². The molecule has 2 heterocycles. The normalized spacial score (nSPS) is 23.6. The van der Waals surface area contributed by atoms with Crippen LogP contribution in [0.3, 0.4) is 0 Å².